The average Bonchev–Trinajstić information content (AvgIpc) is 2.93. The van der Waals surface area contributed by atoms with Gasteiger partial charge in [0.25, 0.3) is 0 Å². The number of hydrogen-bond donors (Lipinski definition) is 1. The van der Waals surface area contributed by atoms with E-state index in [1.165, 1.54) is 6.08 Å². The molecule has 1 aliphatic rings. The summed E-state index contributed by atoms with van der Waals surface area (Å²) in [5, 5.41) is 8.59. The van der Waals surface area contributed by atoms with Gasteiger partial charge in [-0.05, 0) is 31.2 Å². The monoisotopic (exact) mass is 368 g/mol. The maximum Gasteiger partial charge on any atom is 0.303 e. The summed E-state index contributed by atoms with van der Waals surface area (Å²) in [4.78, 5) is 22.5. The van der Waals surface area contributed by atoms with Crippen LogP contribution in [0.15, 0.2) is 18.2 Å². The van der Waals surface area contributed by atoms with Crippen LogP contribution in [-0.4, -0.2) is 16.9 Å². The van der Waals surface area contributed by atoms with Crippen molar-refractivity contribution in [3.63, 3.8) is 0 Å². The molecule has 2 rings (SSSR count). The molecule has 26 heavy (non-hydrogen) atoms. The number of hydrogen-bond acceptors (Lipinski definition) is 2. The van der Waals surface area contributed by atoms with Crippen molar-refractivity contribution in [2.24, 2.45) is 11.8 Å². The van der Waals surface area contributed by atoms with Gasteiger partial charge in [-0.2, -0.15) is 0 Å². The molecule has 0 bridgehead atoms. The first kappa shape index (κ1) is 20.2. The molecule has 6 heteroatoms. The number of unbranched alkanes of at least 4 members (excludes halogenated alkanes) is 3. The van der Waals surface area contributed by atoms with E-state index in [0.29, 0.717) is 31.7 Å². The Bertz CT molecular complexity index is 685. The maximum absolute atomic E-state index is 13.7. The van der Waals surface area contributed by atoms with Crippen molar-refractivity contribution in [3.8, 4) is 0 Å². The highest BCUT2D eigenvalue weighted by molar-refractivity contribution is 5.84. The van der Waals surface area contributed by atoms with E-state index in [4.69, 9.17) is 5.11 Å². The van der Waals surface area contributed by atoms with Gasteiger partial charge in [0.2, 0.25) is 0 Å². The molecular formula is C20H23F3O3. The summed E-state index contributed by atoms with van der Waals surface area (Å²) in [6.45, 7) is 0. The Morgan fingerprint density at radius 1 is 1.08 bits per heavy atom. The zero-order chi connectivity index (χ0) is 19.1. The van der Waals surface area contributed by atoms with Crippen LogP contribution in [0.4, 0.5) is 13.2 Å². The highest BCUT2D eigenvalue weighted by Gasteiger charge is 2.32. The Labute approximate surface area is 150 Å². The second-order valence-corrected chi connectivity index (χ2v) is 6.77. The Balaban J connectivity index is 1.88. The number of Topliss-reactive ketones (excluding diaryl/α,β-unsaturated/α-hetero) is 1. The number of halogens is 3. The molecule has 0 amide bonds. The van der Waals surface area contributed by atoms with Gasteiger partial charge in [-0.3, -0.25) is 9.59 Å². The minimum atomic E-state index is -1.23. The summed E-state index contributed by atoms with van der Waals surface area (Å²) in [5.41, 5.74) is -0.0318. The van der Waals surface area contributed by atoms with Crippen molar-refractivity contribution in [3.05, 3.63) is 41.2 Å². The Hall–Kier alpha value is -2.11. The summed E-state index contributed by atoms with van der Waals surface area (Å²) < 4.78 is 39.9. The van der Waals surface area contributed by atoms with Crippen LogP contribution in [0.1, 0.15) is 56.9 Å². The number of rotatable bonds is 9. The van der Waals surface area contributed by atoms with Gasteiger partial charge in [0.05, 0.1) is 0 Å². The summed E-state index contributed by atoms with van der Waals surface area (Å²) >= 11 is 0. The third-order valence-corrected chi connectivity index (χ3v) is 4.87. The van der Waals surface area contributed by atoms with Gasteiger partial charge in [0.15, 0.2) is 11.6 Å². The highest BCUT2D eigenvalue weighted by Crippen LogP contribution is 2.34. The number of carboxylic acids is 1. The summed E-state index contributed by atoms with van der Waals surface area (Å²) in [7, 11) is 0. The number of ketones is 1. The number of carboxylic acid groups (broad SMARTS) is 1. The third-order valence-electron chi connectivity index (χ3n) is 4.87. The van der Waals surface area contributed by atoms with Crippen molar-refractivity contribution in [2.75, 3.05) is 0 Å². The lowest BCUT2D eigenvalue weighted by Crippen LogP contribution is -2.13. The molecule has 0 spiro atoms. The lowest BCUT2D eigenvalue weighted by Gasteiger charge is -2.15. The molecule has 1 aromatic rings. The molecule has 142 valence electrons. The Morgan fingerprint density at radius 2 is 1.77 bits per heavy atom. The van der Waals surface area contributed by atoms with Crippen LogP contribution in [0, 0.1) is 29.3 Å². The second kappa shape index (κ2) is 9.55. The van der Waals surface area contributed by atoms with Gasteiger partial charge in [-0.25, -0.2) is 13.2 Å². The standard InChI is InChI=1S/C20H23F3O3/c21-16-12-18(23)17(22)11-14(16)8-7-13-9-10-19(24)15(13)5-3-1-2-4-6-20(25)26/h7-8,11-13,15H,1-6,9-10H2,(H,25,26)/t13-,15+/m1/s1. The van der Waals surface area contributed by atoms with Crippen molar-refractivity contribution in [2.45, 2.75) is 51.4 Å². The van der Waals surface area contributed by atoms with E-state index in [9.17, 15) is 22.8 Å². The summed E-state index contributed by atoms with van der Waals surface area (Å²) in [6.07, 6.45) is 8.29. The number of carbonyl (C=O) groups excluding carboxylic acids is 1. The third kappa shape index (κ3) is 5.71. The molecular weight excluding hydrogens is 345 g/mol. The number of benzene rings is 1. The molecule has 1 aliphatic carbocycles. The fourth-order valence-electron chi connectivity index (χ4n) is 3.43. The fourth-order valence-corrected chi connectivity index (χ4v) is 3.43. The minimum Gasteiger partial charge on any atom is -0.481 e. The first-order valence-electron chi connectivity index (χ1n) is 8.95. The summed E-state index contributed by atoms with van der Waals surface area (Å²) in [5.74, 6) is -3.96. The van der Waals surface area contributed by atoms with Crippen molar-refractivity contribution < 1.29 is 27.9 Å². The zero-order valence-corrected chi connectivity index (χ0v) is 14.5. The smallest absolute Gasteiger partial charge is 0.303 e. The van der Waals surface area contributed by atoms with E-state index in [0.717, 1.165) is 25.3 Å². The largest absolute Gasteiger partial charge is 0.481 e. The number of allylic oxidation sites excluding steroid dienone is 1. The van der Waals surface area contributed by atoms with Gasteiger partial charge < -0.3 is 5.11 Å². The Kier molecular flexibility index (Phi) is 7.42. The summed E-state index contributed by atoms with van der Waals surface area (Å²) in [6, 6.07) is 1.33. The molecule has 2 atom stereocenters. The van der Waals surface area contributed by atoms with E-state index in [1.807, 2.05) is 0 Å². The topological polar surface area (TPSA) is 54.4 Å². The molecule has 1 aromatic carbocycles. The molecule has 1 saturated carbocycles. The average molecular weight is 368 g/mol. The molecule has 0 aromatic heterocycles. The van der Waals surface area contributed by atoms with Crippen LogP contribution in [0.5, 0.6) is 0 Å². The highest BCUT2D eigenvalue weighted by atomic mass is 19.2. The normalized spacial score (nSPS) is 20.2. The molecule has 3 nitrogen and oxygen atoms in total. The molecule has 0 unspecified atom stereocenters. The lowest BCUT2D eigenvalue weighted by molar-refractivity contribution is -0.137. The zero-order valence-electron chi connectivity index (χ0n) is 14.5. The van der Waals surface area contributed by atoms with E-state index >= 15 is 0 Å². The van der Waals surface area contributed by atoms with Crippen molar-refractivity contribution >= 4 is 17.8 Å². The van der Waals surface area contributed by atoms with Gasteiger partial charge in [0, 0.05) is 30.4 Å². The second-order valence-electron chi connectivity index (χ2n) is 6.77. The van der Waals surface area contributed by atoms with E-state index in [2.05, 4.69) is 0 Å². The molecule has 0 saturated heterocycles. The minimum absolute atomic E-state index is 0.0318. The first-order valence-corrected chi connectivity index (χ1v) is 8.95. The van der Waals surface area contributed by atoms with E-state index in [1.54, 1.807) is 6.08 Å². The molecule has 0 radical (unpaired) electrons. The number of carbonyl (C=O) groups is 2. The van der Waals surface area contributed by atoms with E-state index in [-0.39, 0.29) is 29.6 Å². The van der Waals surface area contributed by atoms with Gasteiger partial charge in [0.1, 0.15) is 11.6 Å². The SMILES string of the molecule is O=C(O)CCCCCC[C@@H]1C(=O)CC[C@H]1C=Cc1cc(F)c(F)cc1F. The van der Waals surface area contributed by atoms with Crippen molar-refractivity contribution in [1.82, 2.24) is 0 Å². The van der Waals surface area contributed by atoms with Gasteiger partial charge >= 0.3 is 5.97 Å². The van der Waals surface area contributed by atoms with Crippen molar-refractivity contribution in [1.29, 1.82) is 0 Å². The van der Waals surface area contributed by atoms with Crippen LogP contribution in [0.3, 0.4) is 0 Å². The van der Waals surface area contributed by atoms with Crippen LogP contribution in [-0.2, 0) is 9.59 Å². The predicted octanol–water partition coefficient (Wildman–Crippen LogP) is 5.14. The fraction of sp³-hybridized carbons (Fsp3) is 0.500. The van der Waals surface area contributed by atoms with E-state index < -0.39 is 23.4 Å². The quantitative estimate of drug-likeness (QED) is 0.485. The lowest BCUT2D eigenvalue weighted by atomic mass is 9.89. The van der Waals surface area contributed by atoms with Crippen LogP contribution < -0.4 is 0 Å². The maximum atomic E-state index is 13.7. The molecule has 0 aliphatic heterocycles. The Morgan fingerprint density at radius 3 is 2.50 bits per heavy atom. The van der Waals surface area contributed by atoms with Crippen LogP contribution >= 0.6 is 0 Å². The van der Waals surface area contributed by atoms with Gasteiger partial charge in [-0.15, -0.1) is 0 Å². The van der Waals surface area contributed by atoms with Crippen LogP contribution in [0.2, 0.25) is 0 Å². The molecule has 1 N–H and O–H groups in total. The predicted molar refractivity (Wildman–Crippen MR) is 91.9 cm³/mol. The molecule has 1 fully saturated rings. The molecule has 0 heterocycles. The first-order chi connectivity index (χ1) is 12.4. The van der Waals surface area contributed by atoms with Crippen LogP contribution in [0.25, 0.3) is 6.08 Å². The number of aliphatic carboxylic acids is 1. The van der Waals surface area contributed by atoms with Gasteiger partial charge in [-0.1, -0.05) is 31.4 Å².